The molecule has 3 nitrogen and oxygen atoms in total. The van der Waals surface area contributed by atoms with Gasteiger partial charge in [0.2, 0.25) is 0 Å². The van der Waals surface area contributed by atoms with Gasteiger partial charge in [-0.25, -0.2) is 0 Å². The summed E-state index contributed by atoms with van der Waals surface area (Å²) in [4.78, 5) is 0. The minimum absolute atomic E-state index is 0.435. The highest BCUT2D eigenvalue weighted by molar-refractivity contribution is 5.65. The summed E-state index contributed by atoms with van der Waals surface area (Å²) >= 11 is 0. The number of nitrogens with one attached hydrogen (secondary N) is 1. The van der Waals surface area contributed by atoms with Crippen molar-refractivity contribution in [2.24, 2.45) is 7.05 Å². The number of nitrogens with zero attached hydrogens (tertiary/aromatic N) is 2. The average molecular weight is 255 g/mol. The third-order valence-electron chi connectivity index (χ3n) is 3.99. The largest absolute Gasteiger partial charge is 0.309 e. The van der Waals surface area contributed by atoms with Crippen LogP contribution in [0.15, 0.2) is 24.3 Å². The van der Waals surface area contributed by atoms with Crippen molar-refractivity contribution in [2.75, 3.05) is 6.54 Å². The fourth-order valence-electron chi connectivity index (χ4n) is 2.86. The number of rotatable bonds is 2. The molecule has 0 saturated carbocycles. The van der Waals surface area contributed by atoms with E-state index < -0.39 is 0 Å². The van der Waals surface area contributed by atoms with E-state index in [1.807, 2.05) is 11.7 Å². The first-order chi connectivity index (χ1) is 9.15. The molecule has 0 bridgehead atoms. The van der Waals surface area contributed by atoms with Crippen LogP contribution in [0.25, 0.3) is 11.3 Å². The second kappa shape index (κ2) is 4.82. The summed E-state index contributed by atoms with van der Waals surface area (Å²) in [5.74, 6) is 0. The van der Waals surface area contributed by atoms with Crippen LogP contribution in [-0.2, 0) is 7.05 Å². The molecule has 1 aliphatic heterocycles. The molecule has 2 aromatic rings. The zero-order chi connectivity index (χ0) is 13.4. The molecule has 2 heterocycles. The van der Waals surface area contributed by atoms with Gasteiger partial charge in [-0.15, -0.1) is 0 Å². The predicted octanol–water partition coefficient (Wildman–Crippen LogP) is 3.13. The second-order valence-corrected chi connectivity index (χ2v) is 5.55. The summed E-state index contributed by atoms with van der Waals surface area (Å²) in [6, 6.07) is 9.27. The Bertz CT molecular complexity index is 592. The minimum Gasteiger partial charge on any atom is -0.309 e. The molecule has 0 spiro atoms. The summed E-state index contributed by atoms with van der Waals surface area (Å²) in [7, 11) is 2.04. The van der Waals surface area contributed by atoms with Gasteiger partial charge in [0.1, 0.15) is 0 Å². The molecule has 100 valence electrons. The van der Waals surface area contributed by atoms with E-state index in [1.165, 1.54) is 40.9 Å². The van der Waals surface area contributed by atoms with E-state index in [1.54, 1.807) is 0 Å². The van der Waals surface area contributed by atoms with Crippen molar-refractivity contribution in [1.82, 2.24) is 15.1 Å². The molecule has 1 atom stereocenters. The maximum absolute atomic E-state index is 4.69. The Labute approximate surface area is 114 Å². The number of hydrogen-bond acceptors (Lipinski definition) is 2. The average Bonchev–Trinajstić information content (AvgIpc) is 3.01. The molecule has 0 aliphatic carbocycles. The van der Waals surface area contributed by atoms with Crippen molar-refractivity contribution in [3.63, 3.8) is 0 Å². The number of aromatic nitrogens is 2. The van der Waals surface area contributed by atoms with E-state index in [0.29, 0.717) is 6.04 Å². The third kappa shape index (κ3) is 2.30. The van der Waals surface area contributed by atoms with Crippen LogP contribution in [0, 0.1) is 13.8 Å². The van der Waals surface area contributed by atoms with Crippen LogP contribution >= 0.6 is 0 Å². The van der Waals surface area contributed by atoms with Gasteiger partial charge in [0.25, 0.3) is 0 Å². The van der Waals surface area contributed by atoms with Crippen LogP contribution in [-0.4, -0.2) is 16.3 Å². The van der Waals surface area contributed by atoms with Gasteiger partial charge in [0.05, 0.1) is 17.4 Å². The fourth-order valence-corrected chi connectivity index (χ4v) is 2.86. The Kier molecular flexibility index (Phi) is 3.15. The Balaban J connectivity index is 2.02. The molecule has 3 heteroatoms. The van der Waals surface area contributed by atoms with Crippen molar-refractivity contribution in [3.8, 4) is 11.3 Å². The summed E-state index contributed by atoms with van der Waals surface area (Å²) in [5.41, 5.74) is 6.28. The number of hydrogen-bond donors (Lipinski definition) is 1. The van der Waals surface area contributed by atoms with E-state index in [9.17, 15) is 0 Å². The lowest BCUT2D eigenvalue weighted by atomic mass is 10.0. The monoisotopic (exact) mass is 255 g/mol. The normalized spacial score (nSPS) is 19.0. The van der Waals surface area contributed by atoms with Crippen molar-refractivity contribution in [3.05, 3.63) is 41.1 Å². The zero-order valence-electron chi connectivity index (χ0n) is 11.9. The molecule has 3 rings (SSSR count). The third-order valence-corrected chi connectivity index (χ3v) is 3.99. The molecule has 0 amide bonds. The summed E-state index contributed by atoms with van der Waals surface area (Å²) in [6.45, 7) is 5.41. The van der Waals surface area contributed by atoms with Crippen molar-refractivity contribution in [1.29, 1.82) is 0 Å². The highest BCUT2D eigenvalue weighted by Crippen LogP contribution is 2.29. The van der Waals surface area contributed by atoms with Gasteiger partial charge < -0.3 is 5.32 Å². The predicted molar refractivity (Wildman–Crippen MR) is 78.1 cm³/mol. The van der Waals surface area contributed by atoms with E-state index >= 15 is 0 Å². The van der Waals surface area contributed by atoms with Crippen LogP contribution < -0.4 is 5.32 Å². The van der Waals surface area contributed by atoms with Crippen LogP contribution in [0.4, 0.5) is 0 Å². The molecule has 1 unspecified atom stereocenters. The van der Waals surface area contributed by atoms with Crippen LogP contribution in [0.1, 0.15) is 35.7 Å². The smallest absolute Gasteiger partial charge is 0.0800 e. The Morgan fingerprint density at radius 1 is 1.26 bits per heavy atom. The van der Waals surface area contributed by atoms with Gasteiger partial charge in [-0.3, -0.25) is 4.68 Å². The van der Waals surface area contributed by atoms with Crippen LogP contribution in [0.5, 0.6) is 0 Å². The molecular formula is C16H21N3. The van der Waals surface area contributed by atoms with E-state index in [4.69, 9.17) is 5.10 Å². The molecule has 0 radical (unpaired) electrons. The molecule has 1 aromatic heterocycles. The number of benzene rings is 1. The molecule has 1 aliphatic rings. The van der Waals surface area contributed by atoms with Gasteiger partial charge in [-0.2, -0.15) is 5.10 Å². The van der Waals surface area contributed by atoms with Crippen molar-refractivity contribution in [2.45, 2.75) is 32.7 Å². The van der Waals surface area contributed by atoms with Gasteiger partial charge in [0, 0.05) is 12.6 Å². The van der Waals surface area contributed by atoms with Gasteiger partial charge in [-0.05, 0) is 50.9 Å². The lowest BCUT2D eigenvalue weighted by Crippen LogP contribution is -2.13. The minimum atomic E-state index is 0.435. The zero-order valence-corrected chi connectivity index (χ0v) is 11.9. The highest BCUT2D eigenvalue weighted by Gasteiger charge is 2.20. The van der Waals surface area contributed by atoms with Crippen molar-refractivity contribution >= 4 is 0 Å². The highest BCUT2D eigenvalue weighted by atomic mass is 15.3. The Morgan fingerprint density at radius 2 is 2.11 bits per heavy atom. The fraction of sp³-hybridized carbons (Fsp3) is 0.438. The molecule has 1 aromatic carbocycles. The second-order valence-electron chi connectivity index (χ2n) is 5.55. The van der Waals surface area contributed by atoms with E-state index in [0.717, 1.165) is 6.54 Å². The van der Waals surface area contributed by atoms with Gasteiger partial charge in [0.15, 0.2) is 0 Å². The van der Waals surface area contributed by atoms with Gasteiger partial charge >= 0.3 is 0 Å². The summed E-state index contributed by atoms with van der Waals surface area (Å²) < 4.78 is 2.01. The van der Waals surface area contributed by atoms with Crippen LogP contribution in [0.2, 0.25) is 0 Å². The lowest BCUT2D eigenvalue weighted by Gasteiger charge is -2.07. The summed E-state index contributed by atoms with van der Waals surface area (Å²) in [6.07, 6.45) is 2.45. The van der Waals surface area contributed by atoms with Crippen molar-refractivity contribution < 1.29 is 0 Å². The first-order valence-corrected chi connectivity index (χ1v) is 7.00. The molecule has 1 saturated heterocycles. The lowest BCUT2D eigenvalue weighted by molar-refractivity contribution is 0.607. The van der Waals surface area contributed by atoms with E-state index in [-0.39, 0.29) is 0 Å². The quantitative estimate of drug-likeness (QED) is 0.893. The SMILES string of the molecule is Cc1ccc(C)c(-c2cc(C3CCCN3)nn2C)c1. The Hall–Kier alpha value is -1.61. The maximum atomic E-state index is 4.69. The molecule has 1 fully saturated rings. The van der Waals surface area contributed by atoms with Crippen LogP contribution in [0.3, 0.4) is 0 Å². The first kappa shape index (κ1) is 12.4. The molecule has 1 N–H and O–H groups in total. The standard InChI is InChI=1S/C16H21N3/c1-11-6-7-12(2)13(9-11)16-10-15(18-19(16)3)14-5-4-8-17-14/h6-7,9-10,14,17H,4-5,8H2,1-3H3. The van der Waals surface area contributed by atoms with Gasteiger partial charge in [-0.1, -0.05) is 17.7 Å². The molecular weight excluding hydrogens is 234 g/mol. The number of aryl methyl sites for hydroxylation is 3. The Morgan fingerprint density at radius 3 is 2.84 bits per heavy atom. The molecule has 19 heavy (non-hydrogen) atoms. The first-order valence-electron chi connectivity index (χ1n) is 7.00. The topological polar surface area (TPSA) is 29.9 Å². The summed E-state index contributed by atoms with van der Waals surface area (Å²) in [5, 5.41) is 8.21. The maximum Gasteiger partial charge on any atom is 0.0800 e. The van der Waals surface area contributed by atoms with E-state index in [2.05, 4.69) is 43.4 Å².